The zero-order valence-corrected chi connectivity index (χ0v) is 14.8. The van der Waals surface area contributed by atoms with Crippen molar-refractivity contribution < 1.29 is 4.79 Å². The number of hydrogen-bond acceptors (Lipinski definition) is 3. The van der Waals surface area contributed by atoms with Crippen molar-refractivity contribution in [3.63, 3.8) is 0 Å². The van der Waals surface area contributed by atoms with Gasteiger partial charge in [-0.3, -0.25) is 4.79 Å². The maximum absolute atomic E-state index is 12.7. The molecule has 5 nitrogen and oxygen atoms in total. The van der Waals surface area contributed by atoms with Crippen LogP contribution >= 0.6 is 0 Å². The van der Waals surface area contributed by atoms with Gasteiger partial charge in [0.1, 0.15) is 0 Å². The highest BCUT2D eigenvalue weighted by Crippen LogP contribution is 2.21. The minimum Gasteiger partial charge on any atom is -0.319 e. The average Bonchev–Trinajstić information content (AvgIpc) is 3.15. The van der Waals surface area contributed by atoms with E-state index in [9.17, 15) is 4.79 Å². The largest absolute Gasteiger partial charge is 0.319 e. The molecule has 4 aromatic rings. The van der Waals surface area contributed by atoms with Crippen molar-refractivity contribution in [1.82, 2.24) is 14.8 Å². The predicted octanol–water partition coefficient (Wildman–Crippen LogP) is 4.50. The zero-order valence-electron chi connectivity index (χ0n) is 14.8. The minimum atomic E-state index is -0.340. The highest BCUT2D eigenvalue weighted by atomic mass is 16.2. The van der Waals surface area contributed by atoms with Crippen LogP contribution in [0.5, 0.6) is 0 Å². The molecule has 5 heteroatoms. The first-order valence-electron chi connectivity index (χ1n) is 8.66. The van der Waals surface area contributed by atoms with Gasteiger partial charge >= 0.3 is 0 Å². The highest BCUT2D eigenvalue weighted by molar-refractivity contribution is 6.01. The molecule has 0 aliphatic carbocycles. The number of nitrogens with one attached hydrogen (secondary N) is 1. The summed E-state index contributed by atoms with van der Waals surface area (Å²) in [5.41, 5.74) is 3.53. The van der Waals surface area contributed by atoms with Gasteiger partial charge in [-0.25, -0.2) is 9.67 Å². The van der Waals surface area contributed by atoms with Crippen LogP contribution in [0.3, 0.4) is 0 Å². The Balaban J connectivity index is 1.74. The first-order chi connectivity index (χ1) is 13.2. The molecule has 3 aromatic carbocycles. The minimum absolute atomic E-state index is 0.124. The van der Waals surface area contributed by atoms with Crippen LogP contribution in [0.15, 0.2) is 84.9 Å². The Morgan fingerprint density at radius 3 is 2.30 bits per heavy atom. The molecule has 0 aliphatic heterocycles. The fourth-order valence-electron chi connectivity index (χ4n) is 2.84. The maximum Gasteiger partial charge on any atom is 0.295 e. The third-order valence-corrected chi connectivity index (χ3v) is 4.12. The summed E-state index contributed by atoms with van der Waals surface area (Å²) in [6.45, 7) is 1.98. The molecule has 132 valence electrons. The Morgan fingerprint density at radius 2 is 1.59 bits per heavy atom. The predicted molar refractivity (Wildman–Crippen MR) is 106 cm³/mol. The van der Waals surface area contributed by atoms with Gasteiger partial charge in [0.05, 0.1) is 5.69 Å². The number of carbonyl (C=O) groups excluding carboxylic acids is 1. The van der Waals surface area contributed by atoms with Gasteiger partial charge < -0.3 is 5.32 Å². The van der Waals surface area contributed by atoms with E-state index in [1.165, 1.54) is 0 Å². The van der Waals surface area contributed by atoms with Crippen molar-refractivity contribution in [3.05, 3.63) is 96.3 Å². The van der Waals surface area contributed by atoms with Crippen molar-refractivity contribution >= 4 is 11.6 Å². The molecule has 0 aliphatic rings. The van der Waals surface area contributed by atoms with Gasteiger partial charge in [0.2, 0.25) is 5.82 Å². The van der Waals surface area contributed by atoms with E-state index in [0.717, 1.165) is 22.5 Å². The van der Waals surface area contributed by atoms with Crippen molar-refractivity contribution in [2.24, 2.45) is 0 Å². The molecule has 0 bridgehead atoms. The van der Waals surface area contributed by atoms with Crippen LogP contribution in [0.4, 0.5) is 5.69 Å². The zero-order chi connectivity index (χ0) is 18.6. The van der Waals surface area contributed by atoms with Crippen LogP contribution in [0.2, 0.25) is 0 Å². The van der Waals surface area contributed by atoms with Gasteiger partial charge in [-0.2, -0.15) is 0 Å². The van der Waals surface area contributed by atoms with Crippen molar-refractivity contribution in [2.45, 2.75) is 6.92 Å². The smallest absolute Gasteiger partial charge is 0.295 e. The number of carbonyl (C=O) groups is 1. The van der Waals surface area contributed by atoms with Crippen LogP contribution in [0.1, 0.15) is 16.2 Å². The van der Waals surface area contributed by atoms with Crippen molar-refractivity contribution in [1.29, 1.82) is 0 Å². The van der Waals surface area contributed by atoms with Crippen LogP contribution < -0.4 is 5.32 Å². The van der Waals surface area contributed by atoms with E-state index in [4.69, 9.17) is 0 Å². The molecule has 0 fully saturated rings. The molecule has 4 rings (SSSR count). The first-order valence-corrected chi connectivity index (χ1v) is 8.66. The number of para-hydroxylation sites is 1. The number of benzene rings is 3. The van der Waals surface area contributed by atoms with E-state index >= 15 is 0 Å². The molecular formula is C22H18N4O. The number of anilines is 1. The summed E-state index contributed by atoms with van der Waals surface area (Å²) in [6.07, 6.45) is 0. The van der Waals surface area contributed by atoms with Gasteiger partial charge in [0.25, 0.3) is 5.91 Å². The summed E-state index contributed by atoms with van der Waals surface area (Å²) in [5, 5.41) is 7.33. The molecule has 0 atom stereocenters. The third kappa shape index (κ3) is 3.62. The van der Waals surface area contributed by atoms with Gasteiger partial charge in [-0.05, 0) is 36.8 Å². The summed E-state index contributed by atoms with van der Waals surface area (Å²) >= 11 is 0. The number of hydrogen-bond donors (Lipinski definition) is 1. The number of aryl methyl sites for hydroxylation is 1. The number of aromatic nitrogens is 3. The Hall–Kier alpha value is -3.73. The summed E-state index contributed by atoms with van der Waals surface area (Å²) in [7, 11) is 0. The maximum atomic E-state index is 12.7. The molecule has 0 saturated heterocycles. The van der Waals surface area contributed by atoms with Crippen molar-refractivity contribution in [2.75, 3.05) is 5.32 Å². The second-order valence-corrected chi connectivity index (χ2v) is 6.20. The Bertz CT molecular complexity index is 1010. The fraction of sp³-hybridized carbons (Fsp3) is 0.0455. The number of rotatable bonds is 4. The lowest BCUT2D eigenvalue weighted by atomic mass is 10.2. The SMILES string of the molecule is Cc1cccc(NC(=O)c2nc(-c3ccccc3)n(-c3ccccc3)n2)c1. The Kier molecular flexibility index (Phi) is 4.49. The molecule has 0 saturated carbocycles. The lowest BCUT2D eigenvalue weighted by Gasteiger charge is -2.05. The second-order valence-electron chi connectivity index (χ2n) is 6.20. The van der Waals surface area contributed by atoms with E-state index in [1.807, 2.05) is 91.9 Å². The Morgan fingerprint density at radius 1 is 0.889 bits per heavy atom. The van der Waals surface area contributed by atoms with Crippen LogP contribution in [-0.4, -0.2) is 20.7 Å². The average molecular weight is 354 g/mol. The number of nitrogens with zero attached hydrogens (tertiary/aromatic N) is 3. The molecule has 1 heterocycles. The highest BCUT2D eigenvalue weighted by Gasteiger charge is 2.18. The lowest BCUT2D eigenvalue weighted by molar-refractivity contribution is 0.101. The van der Waals surface area contributed by atoms with E-state index in [2.05, 4.69) is 15.4 Å². The second kappa shape index (κ2) is 7.25. The topological polar surface area (TPSA) is 59.8 Å². The van der Waals surface area contributed by atoms with E-state index in [1.54, 1.807) is 4.68 Å². The van der Waals surface area contributed by atoms with E-state index in [-0.39, 0.29) is 11.7 Å². The summed E-state index contributed by atoms with van der Waals surface area (Å²) in [6, 6.07) is 27.0. The van der Waals surface area contributed by atoms with Gasteiger partial charge in [0.15, 0.2) is 5.82 Å². The normalized spacial score (nSPS) is 10.6. The van der Waals surface area contributed by atoms with Gasteiger partial charge in [-0.1, -0.05) is 60.7 Å². The molecular weight excluding hydrogens is 336 g/mol. The van der Waals surface area contributed by atoms with Gasteiger partial charge in [-0.15, -0.1) is 5.10 Å². The monoisotopic (exact) mass is 354 g/mol. The van der Waals surface area contributed by atoms with Crippen LogP contribution in [-0.2, 0) is 0 Å². The fourth-order valence-corrected chi connectivity index (χ4v) is 2.84. The lowest BCUT2D eigenvalue weighted by Crippen LogP contribution is -2.14. The molecule has 1 N–H and O–H groups in total. The molecule has 0 spiro atoms. The Labute approximate surface area is 157 Å². The summed E-state index contributed by atoms with van der Waals surface area (Å²) < 4.78 is 1.69. The summed E-state index contributed by atoms with van der Waals surface area (Å²) in [4.78, 5) is 17.2. The molecule has 0 radical (unpaired) electrons. The van der Waals surface area contributed by atoms with Crippen LogP contribution in [0.25, 0.3) is 17.1 Å². The van der Waals surface area contributed by atoms with Crippen molar-refractivity contribution in [3.8, 4) is 17.1 Å². The number of amides is 1. The quantitative estimate of drug-likeness (QED) is 0.587. The van der Waals surface area contributed by atoms with Crippen LogP contribution in [0, 0.1) is 6.92 Å². The standard InChI is InChI=1S/C22H18N4O/c1-16-9-8-12-18(15-16)23-22(27)20-24-21(17-10-4-2-5-11-17)26(25-20)19-13-6-3-7-14-19/h2-15H,1H3,(H,23,27). The van der Waals surface area contributed by atoms with Gasteiger partial charge in [0, 0.05) is 11.3 Å². The molecule has 27 heavy (non-hydrogen) atoms. The molecule has 0 unspecified atom stereocenters. The third-order valence-electron chi connectivity index (χ3n) is 4.12. The first kappa shape index (κ1) is 16.7. The summed E-state index contributed by atoms with van der Waals surface area (Å²) in [5.74, 6) is 0.405. The van der Waals surface area contributed by atoms with E-state index < -0.39 is 0 Å². The molecule has 1 aromatic heterocycles. The van der Waals surface area contributed by atoms with E-state index in [0.29, 0.717) is 5.82 Å². The molecule has 1 amide bonds.